The minimum absolute atomic E-state index is 0.171. The van der Waals surface area contributed by atoms with Crippen LogP contribution in [0.25, 0.3) is 0 Å². The Balaban J connectivity index is 1.62. The zero-order valence-corrected chi connectivity index (χ0v) is 14.7. The number of amides is 1. The number of pyridine rings is 1. The van der Waals surface area contributed by atoms with E-state index in [4.69, 9.17) is 0 Å². The quantitative estimate of drug-likeness (QED) is 0.698. The van der Waals surface area contributed by atoms with Crippen LogP contribution in [-0.2, 0) is 11.2 Å². The van der Waals surface area contributed by atoms with Crippen molar-refractivity contribution in [3.63, 3.8) is 0 Å². The Morgan fingerprint density at radius 2 is 1.69 bits per heavy atom. The normalized spacial score (nSPS) is 10.4. The summed E-state index contributed by atoms with van der Waals surface area (Å²) < 4.78 is 12.9. The fraction of sp³-hybridized carbons (Fsp3) is 0.143. The lowest BCUT2D eigenvalue weighted by Gasteiger charge is -2.13. The van der Waals surface area contributed by atoms with Crippen LogP contribution in [0.15, 0.2) is 60.8 Å². The monoisotopic (exact) mass is 349 g/mol. The van der Waals surface area contributed by atoms with E-state index in [0.29, 0.717) is 5.82 Å². The van der Waals surface area contributed by atoms with Crippen LogP contribution in [0.4, 0.5) is 21.6 Å². The van der Waals surface area contributed by atoms with Crippen LogP contribution in [0.3, 0.4) is 0 Å². The van der Waals surface area contributed by atoms with Gasteiger partial charge in [-0.3, -0.25) is 4.79 Å². The number of rotatable bonds is 5. The zero-order chi connectivity index (χ0) is 18.5. The molecule has 0 radical (unpaired) electrons. The number of carbonyl (C=O) groups excluding carboxylic acids is 1. The van der Waals surface area contributed by atoms with Gasteiger partial charge in [-0.05, 0) is 54.8 Å². The molecule has 5 heteroatoms. The lowest BCUT2D eigenvalue weighted by Crippen LogP contribution is -2.15. The van der Waals surface area contributed by atoms with Crippen molar-refractivity contribution < 1.29 is 9.18 Å². The van der Waals surface area contributed by atoms with Crippen molar-refractivity contribution in [2.45, 2.75) is 20.3 Å². The van der Waals surface area contributed by atoms with E-state index in [-0.39, 0.29) is 18.1 Å². The molecule has 26 heavy (non-hydrogen) atoms. The standard InChI is InChI=1S/C21H20FN3O/c1-14-4-3-5-15(2)21(14)24-18-10-11-19(23-13-18)25-20(26)12-16-6-8-17(22)9-7-16/h3-11,13,24H,12H2,1-2H3,(H,23,25,26). The summed E-state index contributed by atoms with van der Waals surface area (Å²) in [7, 11) is 0. The number of hydrogen-bond donors (Lipinski definition) is 2. The van der Waals surface area contributed by atoms with Gasteiger partial charge in [0.1, 0.15) is 11.6 Å². The van der Waals surface area contributed by atoms with Crippen molar-refractivity contribution in [3.8, 4) is 0 Å². The molecule has 0 aliphatic carbocycles. The molecule has 2 aromatic carbocycles. The van der Waals surface area contributed by atoms with Crippen molar-refractivity contribution in [3.05, 3.63) is 83.3 Å². The first-order valence-corrected chi connectivity index (χ1v) is 8.35. The maximum atomic E-state index is 12.9. The highest BCUT2D eigenvalue weighted by Gasteiger charge is 2.07. The second kappa shape index (κ2) is 7.78. The predicted molar refractivity (Wildman–Crippen MR) is 102 cm³/mol. The van der Waals surface area contributed by atoms with Crippen molar-refractivity contribution >= 4 is 23.1 Å². The number of para-hydroxylation sites is 1. The van der Waals surface area contributed by atoms with E-state index < -0.39 is 0 Å². The number of aromatic nitrogens is 1. The Labute approximate surface area is 152 Å². The third-order valence-electron chi connectivity index (χ3n) is 4.06. The molecule has 1 heterocycles. The summed E-state index contributed by atoms with van der Waals surface area (Å²) in [4.78, 5) is 16.3. The topological polar surface area (TPSA) is 54.0 Å². The molecule has 2 N–H and O–H groups in total. The highest BCUT2D eigenvalue weighted by atomic mass is 19.1. The number of anilines is 3. The Morgan fingerprint density at radius 3 is 2.31 bits per heavy atom. The first kappa shape index (κ1) is 17.6. The number of halogens is 1. The first-order valence-electron chi connectivity index (χ1n) is 8.35. The Hall–Kier alpha value is -3.21. The Bertz CT molecular complexity index is 885. The maximum absolute atomic E-state index is 12.9. The van der Waals surface area contributed by atoms with Crippen LogP contribution in [0, 0.1) is 19.7 Å². The lowest BCUT2D eigenvalue weighted by atomic mass is 10.1. The van der Waals surface area contributed by atoms with Crippen LogP contribution in [-0.4, -0.2) is 10.9 Å². The second-order valence-electron chi connectivity index (χ2n) is 6.18. The van der Waals surface area contributed by atoms with Crippen LogP contribution < -0.4 is 10.6 Å². The second-order valence-corrected chi connectivity index (χ2v) is 6.18. The molecule has 3 aromatic rings. The SMILES string of the molecule is Cc1cccc(C)c1Nc1ccc(NC(=O)Cc2ccc(F)cc2)nc1. The van der Waals surface area contributed by atoms with Crippen molar-refractivity contribution in [2.75, 3.05) is 10.6 Å². The van der Waals surface area contributed by atoms with Crippen molar-refractivity contribution in [1.82, 2.24) is 4.98 Å². The van der Waals surface area contributed by atoms with Gasteiger partial charge in [0.25, 0.3) is 0 Å². The van der Waals surface area contributed by atoms with E-state index in [1.165, 1.54) is 12.1 Å². The van der Waals surface area contributed by atoms with Gasteiger partial charge in [-0.2, -0.15) is 0 Å². The molecule has 0 fully saturated rings. The van der Waals surface area contributed by atoms with Crippen LogP contribution >= 0.6 is 0 Å². The summed E-state index contributed by atoms with van der Waals surface area (Å²) >= 11 is 0. The van der Waals surface area contributed by atoms with Crippen molar-refractivity contribution in [1.29, 1.82) is 0 Å². The molecule has 0 atom stereocenters. The number of aryl methyl sites for hydroxylation is 2. The number of nitrogens with one attached hydrogen (secondary N) is 2. The predicted octanol–water partition coefficient (Wildman–Crippen LogP) is 4.76. The van der Waals surface area contributed by atoms with E-state index in [1.807, 2.05) is 38.1 Å². The maximum Gasteiger partial charge on any atom is 0.229 e. The fourth-order valence-corrected chi connectivity index (χ4v) is 2.67. The summed E-state index contributed by atoms with van der Waals surface area (Å²) in [6.45, 7) is 4.10. The van der Waals surface area contributed by atoms with Gasteiger partial charge >= 0.3 is 0 Å². The molecule has 3 rings (SSSR count). The highest BCUT2D eigenvalue weighted by molar-refractivity contribution is 5.91. The molecule has 1 amide bonds. The summed E-state index contributed by atoms with van der Waals surface area (Å²) in [6.07, 6.45) is 1.85. The zero-order valence-electron chi connectivity index (χ0n) is 14.7. The minimum atomic E-state index is -0.317. The number of nitrogens with zero attached hydrogens (tertiary/aromatic N) is 1. The van der Waals surface area contributed by atoms with E-state index in [2.05, 4.69) is 15.6 Å². The fourth-order valence-electron chi connectivity index (χ4n) is 2.67. The molecule has 0 unspecified atom stereocenters. The number of hydrogen-bond acceptors (Lipinski definition) is 3. The molecule has 0 saturated carbocycles. The Morgan fingerprint density at radius 1 is 1.00 bits per heavy atom. The third kappa shape index (κ3) is 4.45. The highest BCUT2D eigenvalue weighted by Crippen LogP contribution is 2.24. The van der Waals surface area contributed by atoms with Gasteiger partial charge < -0.3 is 10.6 Å². The molecular formula is C21H20FN3O. The molecule has 0 aliphatic heterocycles. The number of benzene rings is 2. The lowest BCUT2D eigenvalue weighted by molar-refractivity contribution is -0.115. The van der Waals surface area contributed by atoms with E-state index in [0.717, 1.165) is 28.1 Å². The molecule has 0 spiro atoms. The molecule has 1 aromatic heterocycles. The van der Waals surface area contributed by atoms with Crippen LogP contribution in [0.1, 0.15) is 16.7 Å². The first-order chi connectivity index (χ1) is 12.5. The molecule has 132 valence electrons. The summed E-state index contributed by atoms with van der Waals surface area (Å²) in [5.74, 6) is -0.0356. The molecule has 0 saturated heterocycles. The van der Waals surface area contributed by atoms with Gasteiger partial charge in [-0.15, -0.1) is 0 Å². The van der Waals surface area contributed by atoms with Gasteiger partial charge in [0.05, 0.1) is 18.3 Å². The molecule has 4 nitrogen and oxygen atoms in total. The Kier molecular flexibility index (Phi) is 5.27. The number of carbonyl (C=O) groups is 1. The molecule has 0 bridgehead atoms. The van der Waals surface area contributed by atoms with Crippen LogP contribution in [0.5, 0.6) is 0 Å². The average molecular weight is 349 g/mol. The average Bonchev–Trinajstić information content (AvgIpc) is 2.62. The van der Waals surface area contributed by atoms with Gasteiger partial charge in [0, 0.05) is 5.69 Å². The van der Waals surface area contributed by atoms with E-state index >= 15 is 0 Å². The largest absolute Gasteiger partial charge is 0.354 e. The molecular weight excluding hydrogens is 329 g/mol. The van der Waals surface area contributed by atoms with Gasteiger partial charge in [-0.25, -0.2) is 9.37 Å². The van der Waals surface area contributed by atoms with Gasteiger partial charge in [0.15, 0.2) is 0 Å². The molecule has 0 aliphatic rings. The van der Waals surface area contributed by atoms with Gasteiger partial charge in [-0.1, -0.05) is 30.3 Å². The summed E-state index contributed by atoms with van der Waals surface area (Å²) in [6, 6.07) is 15.6. The van der Waals surface area contributed by atoms with E-state index in [1.54, 1.807) is 24.4 Å². The summed E-state index contributed by atoms with van der Waals surface area (Å²) in [5.41, 5.74) is 4.96. The van der Waals surface area contributed by atoms with Gasteiger partial charge in [0.2, 0.25) is 5.91 Å². The minimum Gasteiger partial charge on any atom is -0.354 e. The van der Waals surface area contributed by atoms with Crippen LogP contribution in [0.2, 0.25) is 0 Å². The third-order valence-corrected chi connectivity index (χ3v) is 4.06. The van der Waals surface area contributed by atoms with E-state index in [9.17, 15) is 9.18 Å². The smallest absolute Gasteiger partial charge is 0.229 e. The van der Waals surface area contributed by atoms with Crippen molar-refractivity contribution in [2.24, 2.45) is 0 Å². The summed E-state index contributed by atoms with van der Waals surface area (Å²) in [5, 5.41) is 6.10.